The van der Waals surface area contributed by atoms with E-state index in [1.807, 2.05) is 6.08 Å². The third-order valence-electron chi connectivity index (χ3n) is 4.58. The van der Waals surface area contributed by atoms with Crippen LogP contribution in [0.25, 0.3) is 0 Å². The highest BCUT2D eigenvalue weighted by Gasteiger charge is 2.29. The van der Waals surface area contributed by atoms with E-state index in [0.717, 1.165) is 24.8 Å². The van der Waals surface area contributed by atoms with Crippen LogP contribution in [-0.4, -0.2) is 22.0 Å². The van der Waals surface area contributed by atoms with Gasteiger partial charge in [0.2, 0.25) is 5.91 Å². The quantitative estimate of drug-likeness (QED) is 0.817. The van der Waals surface area contributed by atoms with Crippen molar-refractivity contribution in [2.45, 2.75) is 44.6 Å². The molecule has 0 spiro atoms. The molecule has 2 aliphatic rings. The predicted octanol–water partition coefficient (Wildman–Crippen LogP) is 4.28. The Kier molecular flexibility index (Phi) is 4.83. The summed E-state index contributed by atoms with van der Waals surface area (Å²) in [6.07, 6.45) is 7.92. The molecule has 24 heavy (non-hydrogen) atoms. The van der Waals surface area contributed by atoms with Crippen LogP contribution < -0.4 is 5.32 Å². The lowest BCUT2D eigenvalue weighted by Gasteiger charge is -2.31. The van der Waals surface area contributed by atoms with Crippen LogP contribution >= 0.6 is 0 Å². The van der Waals surface area contributed by atoms with Crippen LogP contribution in [-0.2, 0) is 4.79 Å². The van der Waals surface area contributed by atoms with E-state index in [-0.39, 0.29) is 17.6 Å². The van der Waals surface area contributed by atoms with Crippen molar-refractivity contribution in [2.75, 3.05) is 5.32 Å². The van der Waals surface area contributed by atoms with Gasteiger partial charge < -0.3 is 10.0 Å². The summed E-state index contributed by atoms with van der Waals surface area (Å²) in [6.45, 7) is 0. The van der Waals surface area contributed by atoms with Crippen LogP contribution in [0.15, 0.2) is 30.5 Å². The number of halogens is 1. The maximum Gasteiger partial charge on any atom is 0.409 e. The molecular formula is C18H21FN2O3. The number of nitrogens with zero attached hydrogens (tertiary/aromatic N) is 1. The standard InChI is InChI=1S/C18H21FN2O3/c19-14-8-7-13(11-15(14)20-18(23)24)16(9-6-12-4-5-12)21-10-2-1-3-17(21)22/h2,7-8,10-12,16,20H,1,3-6,9H2,(H,23,24). The second-order valence-electron chi connectivity index (χ2n) is 6.43. The average molecular weight is 332 g/mol. The number of hydrogen-bond donors (Lipinski definition) is 2. The molecule has 2 amide bonds. The molecule has 5 nitrogen and oxygen atoms in total. The van der Waals surface area contributed by atoms with Crippen molar-refractivity contribution in [3.63, 3.8) is 0 Å². The number of carbonyl (C=O) groups excluding carboxylic acids is 1. The number of nitrogens with one attached hydrogen (secondary N) is 1. The van der Waals surface area contributed by atoms with Gasteiger partial charge in [-0.05, 0) is 42.9 Å². The first-order valence-electron chi connectivity index (χ1n) is 8.32. The Morgan fingerprint density at radius 1 is 1.42 bits per heavy atom. The molecule has 0 saturated heterocycles. The van der Waals surface area contributed by atoms with Crippen molar-refractivity contribution in [3.05, 3.63) is 41.9 Å². The van der Waals surface area contributed by atoms with E-state index in [0.29, 0.717) is 12.3 Å². The summed E-state index contributed by atoms with van der Waals surface area (Å²) in [5.74, 6) is 0.145. The fourth-order valence-electron chi connectivity index (χ4n) is 3.11. The Balaban J connectivity index is 1.88. The van der Waals surface area contributed by atoms with Gasteiger partial charge in [-0.2, -0.15) is 0 Å². The summed E-state index contributed by atoms with van der Waals surface area (Å²) in [7, 11) is 0. The highest BCUT2D eigenvalue weighted by Crippen LogP contribution is 2.39. The molecule has 3 rings (SSSR count). The third kappa shape index (κ3) is 3.93. The van der Waals surface area contributed by atoms with Gasteiger partial charge in [0.05, 0.1) is 11.7 Å². The minimum atomic E-state index is -1.31. The highest BCUT2D eigenvalue weighted by atomic mass is 19.1. The Morgan fingerprint density at radius 2 is 2.21 bits per heavy atom. The maximum absolute atomic E-state index is 13.8. The second kappa shape index (κ2) is 7.03. The smallest absolute Gasteiger partial charge is 0.409 e. The number of amides is 2. The lowest BCUT2D eigenvalue weighted by atomic mass is 9.97. The summed E-state index contributed by atoms with van der Waals surface area (Å²) < 4.78 is 13.8. The van der Waals surface area contributed by atoms with Gasteiger partial charge in [-0.1, -0.05) is 25.0 Å². The molecular weight excluding hydrogens is 311 g/mol. The molecule has 1 aromatic carbocycles. The number of anilines is 1. The summed E-state index contributed by atoms with van der Waals surface area (Å²) in [4.78, 5) is 24.8. The first-order valence-corrected chi connectivity index (χ1v) is 8.32. The van der Waals surface area contributed by atoms with Gasteiger partial charge in [-0.15, -0.1) is 0 Å². The van der Waals surface area contributed by atoms with Crippen LogP contribution in [0.4, 0.5) is 14.9 Å². The van der Waals surface area contributed by atoms with E-state index in [4.69, 9.17) is 5.11 Å². The van der Waals surface area contributed by atoms with Crippen LogP contribution in [0.5, 0.6) is 0 Å². The molecule has 6 heteroatoms. The molecule has 1 aliphatic carbocycles. The molecule has 0 radical (unpaired) electrons. The van der Waals surface area contributed by atoms with Crippen molar-refractivity contribution >= 4 is 17.7 Å². The number of carbonyl (C=O) groups is 2. The summed E-state index contributed by atoms with van der Waals surface area (Å²) in [6, 6.07) is 4.19. The largest absolute Gasteiger partial charge is 0.465 e. The number of allylic oxidation sites excluding steroid dienone is 1. The van der Waals surface area contributed by atoms with Crippen LogP contribution in [0, 0.1) is 11.7 Å². The van der Waals surface area contributed by atoms with Gasteiger partial charge in [0, 0.05) is 12.6 Å². The van der Waals surface area contributed by atoms with Gasteiger partial charge in [-0.25, -0.2) is 9.18 Å². The normalized spacial score (nSPS) is 18.5. The Hall–Kier alpha value is -2.37. The zero-order valence-corrected chi connectivity index (χ0v) is 13.4. The van der Waals surface area contributed by atoms with E-state index >= 15 is 0 Å². The summed E-state index contributed by atoms with van der Waals surface area (Å²) in [5, 5.41) is 10.9. The molecule has 1 unspecified atom stereocenters. The van der Waals surface area contributed by atoms with Crippen molar-refractivity contribution in [1.82, 2.24) is 4.90 Å². The van der Waals surface area contributed by atoms with Crippen LogP contribution in [0.1, 0.15) is 50.1 Å². The lowest BCUT2D eigenvalue weighted by molar-refractivity contribution is -0.131. The summed E-state index contributed by atoms with van der Waals surface area (Å²) >= 11 is 0. The van der Waals surface area contributed by atoms with Gasteiger partial charge in [0.25, 0.3) is 0 Å². The van der Waals surface area contributed by atoms with E-state index in [1.165, 1.54) is 25.0 Å². The molecule has 128 valence electrons. The van der Waals surface area contributed by atoms with Crippen molar-refractivity contribution in [1.29, 1.82) is 0 Å². The van der Waals surface area contributed by atoms with Crippen LogP contribution in [0.3, 0.4) is 0 Å². The monoisotopic (exact) mass is 332 g/mol. The minimum Gasteiger partial charge on any atom is -0.465 e. The first-order chi connectivity index (χ1) is 11.5. The van der Waals surface area contributed by atoms with Gasteiger partial charge in [0.1, 0.15) is 5.82 Å². The lowest BCUT2D eigenvalue weighted by Crippen LogP contribution is -2.32. The second-order valence-corrected chi connectivity index (χ2v) is 6.43. The van der Waals surface area contributed by atoms with E-state index in [1.54, 1.807) is 17.2 Å². The third-order valence-corrected chi connectivity index (χ3v) is 4.58. The van der Waals surface area contributed by atoms with Crippen molar-refractivity contribution < 1.29 is 19.1 Å². The highest BCUT2D eigenvalue weighted by molar-refractivity contribution is 5.83. The van der Waals surface area contributed by atoms with E-state index in [9.17, 15) is 14.0 Å². The van der Waals surface area contributed by atoms with E-state index < -0.39 is 11.9 Å². The Labute approximate surface area is 140 Å². The number of rotatable bonds is 6. The minimum absolute atomic E-state index is 0.0513. The molecule has 2 N–H and O–H groups in total. The van der Waals surface area contributed by atoms with Crippen molar-refractivity contribution in [2.24, 2.45) is 5.92 Å². The van der Waals surface area contributed by atoms with Crippen molar-refractivity contribution in [3.8, 4) is 0 Å². The number of hydrogen-bond acceptors (Lipinski definition) is 2. The maximum atomic E-state index is 13.8. The molecule has 0 aromatic heterocycles. The summed E-state index contributed by atoms with van der Waals surface area (Å²) in [5.41, 5.74) is 0.672. The van der Waals surface area contributed by atoms with Crippen LogP contribution in [0.2, 0.25) is 0 Å². The fraction of sp³-hybridized carbons (Fsp3) is 0.444. The molecule has 1 aliphatic heterocycles. The number of carboxylic acid groups (broad SMARTS) is 1. The Bertz CT molecular complexity index is 670. The van der Waals surface area contributed by atoms with E-state index in [2.05, 4.69) is 5.32 Å². The van der Waals surface area contributed by atoms with Gasteiger partial charge >= 0.3 is 6.09 Å². The molecule has 1 atom stereocenters. The molecule has 1 heterocycles. The zero-order valence-electron chi connectivity index (χ0n) is 13.4. The zero-order chi connectivity index (χ0) is 17.1. The number of benzene rings is 1. The first kappa shape index (κ1) is 16.5. The molecule has 1 saturated carbocycles. The topological polar surface area (TPSA) is 69.6 Å². The Morgan fingerprint density at radius 3 is 2.88 bits per heavy atom. The fourth-order valence-corrected chi connectivity index (χ4v) is 3.11. The molecule has 1 aromatic rings. The average Bonchev–Trinajstić information content (AvgIpc) is 3.36. The van der Waals surface area contributed by atoms with Gasteiger partial charge in [-0.3, -0.25) is 10.1 Å². The predicted molar refractivity (Wildman–Crippen MR) is 88.0 cm³/mol. The molecule has 0 bridgehead atoms. The van der Waals surface area contributed by atoms with Gasteiger partial charge in [0.15, 0.2) is 0 Å². The molecule has 1 fully saturated rings. The SMILES string of the molecule is O=C(O)Nc1cc(C(CCC2CC2)N2C=CCCC2=O)ccc1F.